The Balaban J connectivity index is 1.92. The van der Waals surface area contributed by atoms with Crippen molar-refractivity contribution in [3.63, 3.8) is 0 Å². The Kier molecular flexibility index (Phi) is 4.81. The lowest BCUT2D eigenvalue weighted by Gasteiger charge is -2.38. The summed E-state index contributed by atoms with van der Waals surface area (Å²) in [7, 11) is 0. The molecule has 1 aliphatic rings. The second-order valence-corrected chi connectivity index (χ2v) is 6.83. The maximum absolute atomic E-state index is 9.25. The van der Waals surface area contributed by atoms with Crippen molar-refractivity contribution in [2.75, 3.05) is 19.6 Å². The highest BCUT2D eigenvalue weighted by Gasteiger charge is 2.29. The first-order chi connectivity index (χ1) is 9.50. The Bertz CT molecular complexity index is 440. The first kappa shape index (κ1) is 15.0. The zero-order chi connectivity index (χ0) is 14.6. The molecule has 0 saturated carbocycles. The van der Waals surface area contributed by atoms with Crippen molar-refractivity contribution >= 4 is 5.71 Å². The minimum Gasteiger partial charge on any atom is -0.411 e. The number of hydrogen-bond donors (Lipinski definition) is 1. The molecule has 0 unspecified atom stereocenters. The molecule has 3 nitrogen and oxygen atoms in total. The Morgan fingerprint density at radius 1 is 1.20 bits per heavy atom. The molecule has 0 atom stereocenters. The minimum atomic E-state index is 0.402. The quantitative estimate of drug-likeness (QED) is 0.519. The van der Waals surface area contributed by atoms with Crippen molar-refractivity contribution in [2.24, 2.45) is 16.5 Å². The molecule has 0 aromatic heterocycles. The molecule has 1 aliphatic heterocycles. The summed E-state index contributed by atoms with van der Waals surface area (Å²) in [5.41, 5.74) is 2.17. The first-order valence-electron chi connectivity index (χ1n) is 7.49. The molecule has 3 heteroatoms. The van der Waals surface area contributed by atoms with Crippen LogP contribution in [0.25, 0.3) is 0 Å². The topological polar surface area (TPSA) is 35.8 Å². The van der Waals surface area contributed by atoms with Crippen LogP contribution < -0.4 is 0 Å². The number of benzene rings is 1. The number of nitrogens with zero attached hydrogens (tertiary/aromatic N) is 2. The molecular weight excluding hydrogens is 248 g/mol. The molecule has 20 heavy (non-hydrogen) atoms. The lowest BCUT2D eigenvalue weighted by molar-refractivity contribution is 0.122. The number of rotatable bonds is 3. The molecule has 1 heterocycles. The summed E-state index contributed by atoms with van der Waals surface area (Å²) in [6.07, 6.45) is 2.47. The summed E-state index contributed by atoms with van der Waals surface area (Å²) in [5.74, 6) is 0.796. The molecule has 1 N–H and O–H groups in total. The standard InChI is InChI=1S/C17H26N2O/c1-17(2,3)15-9-11-19(12-10-15)13-16(18-20)14-7-5-4-6-8-14/h4-8,15,20H,9-13H2,1-3H3/b18-16-. The van der Waals surface area contributed by atoms with E-state index in [1.54, 1.807) is 0 Å². The van der Waals surface area contributed by atoms with Crippen molar-refractivity contribution in [3.8, 4) is 0 Å². The second-order valence-electron chi connectivity index (χ2n) is 6.83. The van der Waals surface area contributed by atoms with E-state index in [-0.39, 0.29) is 0 Å². The number of piperidine rings is 1. The predicted octanol–water partition coefficient (Wildman–Crippen LogP) is 3.62. The summed E-state index contributed by atoms with van der Waals surface area (Å²) < 4.78 is 0. The van der Waals surface area contributed by atoms with Crippen LogP contribution in [0.1, 0.15) is 39.2 Å². The van der Waals surface area contributed by atoms with Gasteiger partial charge in [0, 0.05) is 12.1 Å². The van der Waals surface area contributed by atoms with Gasteiger partial charge in [-0.2, -0.15) is 0 Å². The van der Waals surface area contributed by atoms with E-state index in [9.17, 15) is 5.21 Å². The van der Waals surface area contributed by atoms with Crippen LogP contribution in [0.2, 0.25) is 0 Å². The molecule has 1 fully saturated rings. The molecule has 2 rings (SSSR count). The van der Waals surface area contributed by atoms with Gasteiger partial charge in [0.15, 0.2) is 0 Å². The molecule has 0 spiro atoms. The monoisotopic (exact) mass is 274 g/mol. The van der Waals surface area contributed by atoms with Crippen molar-refractivity contribution in [3.05, 3.63) is 35.9 Å². The van der Waals surface area contributed by atoms with E-state index in [2.05, 4.69) is 30.8 Å². The molecule has 0 aliphatic carbocycles. The fraction of sp³-hybridized carbons (Fsp3) is 0.588. The van der Waals surface area contributed by atoms with E-state index in [4.69, 9.17) is 0 Å². The summed E-state index contributed by atoms with van der Waals surface area (Å²) >= 11 is 0. The average Bonchev–Trinajstić information content (AvgIpc) is 2.45. The van der Waals surface area contributed by atoms with Gasteiger partial charge in [0.25, 0.3) is 0 Å². The van der Waals surface area contributed by atoms with Crippen molar-refractivity contribution in [1.29, 1.82) is 0 Å². The summed E-state index contributed by atoms with van der Waals surface area (Å²) in [5, 5.41) is 12.7. The molecule has 0 radical (unpaired) electrons. The van der Waals surface area contributed by atoms with Crippen LogP contribution >= 0.6 is 0 Å². The highest BCUT2D eigenvalue weighted by molar-refractivity contribution is 6.01. The van der Waals surface area contributed by atoms with Gasteiger partial charge in [-0.25, -0.2) is 0 Å². The molecule has 0 amide bonds. The Hall–Kier alpha value is -1.35. The normalized spacial score (nSPS) is 19.2. The van der Waals surface area contributed by atoms with Gasteiger partial charge in [0.2, 0.25) is 0 Å². The van der Waals surface area contributed by atoms with Crippen molar-refractivity contribution in [2.45, 2.75) is 33.6 Å². The van der Waals surface area contributed by atoms with E-state index >= 15 is 0 Å². The van der Waals surface area contributed by atoms with Crippen LogP contribution in [-0.4, -0.2) is 35.5 Å². The zero-order valence-electron chi connectivity index (χ0n) is 12.8. The lowest BCUT2D eigenvalue weighted by atomic mass is 9.75. The van der Waals surface area contributed by atoms with Crippen molar-refractivity contribution in [1.82, 2.24) is 4.90 Å². The van der Waals surface area contributed by atoms with E-state index < -0.39 is 0 Å². The van der Waals surface area contributed by atoms with Crippen LogP contribution in [0, 0.1) is 11.3 Å². The van der Waals surface area contributed by atoms with Crippen molar-refractivity contribution < 1.29 is 5.21 Å². The first-order valence-corrected chi connectivity index (χ1v) is 7.49. The SMILES string of the molecule is CC(C)(C)C1CCN(C/C(=N/O)c2ccccc2)CC1. The number of likely N-dealkylation sites (tertiary alicyclic amines) is 1. The second kappa shape index (κ2) is 6.40. The van der Waals surface area contributed by atoms with E-state index in [0.29, 0.717) is 5.41 Å². The summed E-state index contributed by atoms with van der Waals surface area (Å²) in [6.45, 7) is 9.91. The maximum Gasteiger partial charge on any atom is 0.101 e. The summed E-state index contributed by atoms with van der Waals surface area (Å²) in [6, 6.07) is 9.93. The summed E-state index contributed by atoms with van der Waals surface area (Å²) in [4.78, 5) is 2.39. The maximum atomic E-state index is 9.25. The van der Waals surface area contributed by atoms with Crippen LogP contribution in [0.4, 0.5) is 0 Å². The largest absolute Gasteiger partial charge is 0.411 e. The fourth-order valence-electron chi connectivity index (χ4n) is 2.98. The zero-order valence-corrected chi connectivity index (χ0v) is 12.8. The van der Waals surface area contributed by atoms with Gasteiger partial charge in [0.1, 0.15) is 5.71 Å². The smallest absolute Gasteiger partial charge is 0.101 e. The molecule has 0 bridgehead atoms. The Morgan fingerprint density at radius 3 is 2.30 bits per heavy atom. The van der Waals surface area contributed by atoms with Gasteiger partial charge in [-0.1, -0.05) is 56.3 Å². The highest BCUT2D eigenvalue weighted by atomic mass is 16.4. The third-order valence-electron chi connectivity index (χ3n) is 4.41. The van der Waals surface area contributed by atoms with E-state index in [0.717, 1.165) is 36.8 Å². The Labute approximate surface area is 122 Å². The van der Waals surface area contributed by atoms with Gasteiger partial charge in [-0.3, -0.25) is 4.90 Å². The Morgan fingerprint density at radius 2 is 1.80 bits per heavy atom. The van der Waals surface area contributed by atoms with Crippen LogP contribution in [0.15, 0.2) is 35.5 Å². The molecule has 1 saturated heterocycles. The fourth-order valence-corrected chi connectivity index (χ4v) is 2.98. The minimum absolute atomic E-state index is 0.402. The molecule has 110 valence electrons. The van der Waals surface area contributed by atoms with Crippen LogP contribution in [0.3, 0.4) is 0 Å². The van der Waals surface area contributed by atoms with E-state index in [1.807, 2.05) is 30.3 Å². The van der Waals surface area contributed by atoms with Gasteiger partial charge >= 0.3 is 0 Å². The third kappa shape index (κ3) is 3.83. The molecule has 1 aromatic rings. The van der Waals surface area contributed by atoms with Gasteiger partial charge in [-0.15, -0.1) is 0 Å². The van der Waals surface area contributed by atoms with Gasteiger partial charge in [-0.05, 0) is 37.3 Å². The number of oxime groups is 1. The lowest BCUT2D eigenvalue weighted by Crippen LogP contribution is -2.40. The molecule has 1 aromatic carbocycles. The molecular formula is C17H26N2O. The predicted molar refractivity (Wildman–Crippen MR) is 83.4 cm³/mol. The third-order valence-corrected chi connectivity index (χ3v) is 4.41. The van der Waals surface area contributed by atoms with Crippen LogP contribution in [0.5, 0.6) is 0 Å². The highest BCUT2D eigenvalue weighted by Crippen LogP contribution is 2.34. The van der Waals surface area contributed by atoms with Gasteiger partial charge < -0.3 is 5.21 Å². The van der Waals surface area contributed by atoms with Gasteiger partial charge in [0.05, 0.1) is 0 Å². The van der Waals surface area contributed by atoms with E-state index in [1.165, 1.54) is 12.8 Å². The van der Waals surface area contributed by atoms with Crippen LogP contribution in [-0.2, 0) is 0 Å². The average molecular weight is 274 g/mol. The number of hydrogen-bond acceptors (Lipinski definition) is 3.